The summed E-state index contributed by atoms with van der Waals surface area (Å²) in [7, 11) is 0. The zero-order chi connectivity index (χ0) is 22.4. The summed E-state index contributed by atoms with van der Waals surface area (Å²) in [6.07, 6.45) is 0.503. The van der Waals surface area contributed by atoms with E-state index in [-0.39, 0.29) is 23.3 Å². The highest BCUT2D eigenvalue weighted by Crippen LogP contribution is 2.31. The Balaban J connectivity index is 1.41. The number of nitrogens with zero attached hydrogens (tertiary/aromatic N) is 5. The molecular weight excluding hydrogens is 424 g/mol. The fraction of sp³-hybridized carbons (Fsp3) is 0.227. The molecule has 2 aromatic heterocycles. The lowest BCUT2D eigenvalue weighted by Crippen LogP contribution is -2.70. The number of rotatable bonds is 3. The minimum atomic E-state index is -1.20. The Morgan fingerprint density at radius 1 is 0.875 bits per heavy atom. The van der Waals surface area contributed by atoms with E-state index in [0.29, 0.717) is 48.4 Å². The number of fused-ring (bicyclic) bond motifs is 1. The SMILES string of the molecule is [NH3+][C@H]1CN(c2ccc3nnc(-c4ccc(F)cc4)n3n2)CC[C@@H]1c1cc(F)c(F)cc1F. The van der Waals surface area contributed by atoms with Crippen molar-refractivity contribution in [2.45, 2.75) is 18.4 Å². The molecule has 10 heteroatoms. The third-order valence-corrected chi connectivity index (χ3v) is 5.85. The third kappa shape index (κ3) is 3.56. The average Bonchev–Trinajstić information content (AvgIpc) is 3.20. The van der Waals surface area contributed by atoms with E-state index in [1.54, 1.807) is 22.7 Å². The van der Waals surface area contributed by atoms with Gasteiger partial charge in [0, 0.05) is 29.7 Å². The molecule has 2 aromatic carbocycles. The Bertz CT molecular complexity index is 1290. The van der Waals surface area contributed by atoms with Gasteiger partial charge in [-0.15, -0.1) is 15.3 Å². The molecule has 0 radical (unpaired) electrons. The van der Waals surface area contributed by atoms with Crippen LogP contribution in [0.4, 0.5) is 23.4 Å². The first kappa shape index (κ1) is 20.4. The van der Waals surface area contributed by atoms with E-state index in [2.05, 4.69) is 21.0 Å². The van der Waals surface area contributed by atoms with E-state index in [9.17, 15) is 17.6 Å². The molecule has 0 bridgehead atoms. The first-order valence-corrected chi connectivity index (χ1v) is 10.1. The van der Waals surface area contributed by atoms with Gasteiger partial charge in [-0.2, -0.15) is 4.52 Å². The van der Waals surface area contributed by atoms with Gasteiger partial charge in [-0.05, 0) is 48.9 Å². The van der Waals surface area contributed by atoms with E-state index in [1.807, 2.05) is 11.0 Å². The van der Waals surface area contributed by atoms with Gasteiger partial charge in [0.25, 0.3) is 0 Å². The molecule has 3 heterocycles. The minimum Gasteiger partial charge on any atom is -0.353 e. The summed E-state index contributed by atoms with van der Waals surface area (Å²) in [5, 5.41) is 12.9. The molecule has 0 aliphatic carbocycles. The monoisotopic (exact) mass is 443 g/mol. The fourth-order valence-corrected chi connectivity index (χ4v) is 4.20. The van der Waals surface area contributed by atoms with Crippen molar-refractivity contribution in [3.63, 3.8) is 0 Å². The van der Waals surface area contributed by atoms with Gasteiger partial charge in [-0.3, -0.25) is 0 Å². The van der Waals surface area contributed by atoms with Crippen LogP contribution in [0.2, 0.25) is 0 Å². The lowest BCUT2D eigenvalue weighted by Gasteiger charge is -2.35. The van der Waals surface area contributed by atoms with Gasteiger partial charge in [-0.1, -0.05) is 0 Å². The Kier molecular flexibility index (Phi) is 5.01. The zero-order valence-electron chi connectivity index (χ0n) is 16.8. The Labute approximate surface area is 180 Å². The maximum Gasteiger partial charge on any atom is 0.185 e. The van der Waals surface area contributed by atoms with Crippen LogP contribution in [-0.4, -0.2) is 38.9 Å². The first-order valence-electron chi connectivity index (χ1n) is 10.1. The summed E-state index contributed by atoms with van der Waals surface area (Å²) in [6.45, 7) is 0.983. The second-order valence-electron chi connectivity index (χ2n) is 7.88. The van der Waals surface area contributed by atoms with Crippen LogP contribution in [-0.2, 0) is 0 Å². The van der Waals surface area contributed by atoms with Crippen molar-refractivity contribution in [1.82, 2.24) is 19.8 Å². The van der Waals surface area contributed by atoms with Gasteiger partial charge in [0.15, 0.2) is 23.1 Å². The molecule has 0 saturated carbocycles. The van der Waals surface area contributed by atoms with Crippen molar-refractivity contribution >= 4 is 11.5 Å². The van der Waals surface area contributed by atoms with Gasteiger partial charge in [0.1, 0.15) is 23.5 Å². The Hall–Kier alpha value is -3.53. The van der Waals surface area contributed by atoms with E-state index in [4.69, 9.17) is 0 Å². The van der Waals surface area contributed by atoms with Crippen LogP contribution in [0, 0.1) is 23.3 Å². The van der Waals surface area contributed by atoms with E-state index in [0.717, 1.165) is 6.07 Å². The summed E-state index contributed by atoms with van der Waals surface area (Å²) < 4.78 is 56.1. The minimum absolute atomic E-state index is 0.143. The largest absolute Gasteiger partial charge is 0.353 e. The van der Waals surface area contributed by atoms with Crippen molar-refractivity contribution in [3.8, 4) is 11.4 Å². The summed E-state index contributed by atoms with van der Waals surface area (Å²) in [6, 6.07) is 10.7. The van der Waals surface area contributed by atoms with Gasteiger partial charge in [0.2, 0.25) is 0 Å². The highest BCUT2D eigenvalue weighted by Gasteiger charge is 2.33. The number of benzene rings is 2. The maximum atomic E-state index is 14.3. The molecule has 6 nitrogen and oxygen atoms in total. The van der Waals surface area contributed by atoms with Crippen molar-refractivity contribution < 1.29 is 23.3 Å². The smallest absolute Gasteiger partial charge is 0.185 e. The van der Waals surface area contributed by atoms with Crippen molar-refractivity contribution in [1.29, 1.82) is 0 Å². The molecule has 32 heavy (non-hydrogen) atoms. The number of anilines is 1. The van der Waals surface area contributed by atoms with Crippen LogP contribution in [0.1, 0.15) is 17.9 Å². The lowest BCUT2D eigenvalue weighted by atomic mass is 9.85. The van der Waals surface area contributed by atoms with Crippen LogP contribution in [0.25, 0.3) is 17.0 Å². The van der Waals surface area contributed by atoms with Crippen LogP contribution >= 0.6 is 0 Å². The predicted molar refractivity (Wildman–Crippen MR) is 109 cm³/mol. The number of quaternary nitrogens is 1. The molecule has 1 saturated heterocycles. The predicted octanol–water partition coefficient (Wildman–Crippen LogP) is 2.95. The number of halogens is 4. The number of hydrogen-bond acceptors (Lipinski definition) is 4. The molecule has 1 fully saturated rings. The molecule has 0 spiro atoms. The average molecular weight is 443 g/mol. The van der Waals surface area contributed by atoms with E-state index in [1.165, 1.54) is 12.1 Å². The Morgan fingerprint density at radius 2 is 1.62 bits per heavy atom. The summed E-state index contributed by atoms with van der Waals surface area (Å²) in [5.74, 6) is -2.58. The molecule has 0 unspecified atom stereocenters. The molecule has 1 aliphatic heterocycles. The van der Waals surface area contributed by atoms with Gasteiger partial charge in [0.05, 0.1) is 6.54 Å². The second-order valence-corrected chi connectivity index (χ2v) is 7.88. The van der Waals surface area contributed by atoms with Gasteiger partial charge in [-0.25, -0.2) is 17.6 Å². The number of hydrogen-bond donors (Lipinski definition) is 1. The number of aromatic nitrogens is 4. The molecule has 3 N–H and O–H groups in total. The van der Waals surface area contributed by atoms with E-state index >= 15 is 0 Å². The first-order chi connectivity index (χ1) is 15.4. The molecule has 1 aliphatic rings. The maximum absolute atomic E-state index is 14.3. The van der Waals surface area contributed by atoms with Crippen molar-refractivity contribution in [2.75, 3.05) is 18.0 Å². The van der Waals surface area contributed by atoms with Crippen molar-refractivity contribution in [2.24, 2.45) is 0 Å². The molecule has 2 atom stereocenters. The standard InChI is InChI=1S/C22H18F4N6/c23-13-3-1-12(2-4-13)22-29-28-20-5-6-21(30-32(20)22)31-8-7-14(19(27)11-31)15-9-17(25)18(26)10-16(15)24/h1-6,9-10,14,19H,7-8,11,27H2/p+1/t14-,19+/m1/s1. The van der Waals surface area contributed by atoms with Crippen molar-refractivity contribution in [3.05, 3.63) is 77.4 Å². The topological polar surface area (TPSA) is 74.0 Å². The van der Waals surface area contributed by atoms with Crippen LogP contribution < -0.4 is 10.6 Å². The molecule has 4 aromatic rings. The van der Waals surface area contributed by atoms with Crippen LogP contribution in [0.15, 0.2) is 48.5 Å². The molecule has 0 amide bonds. The summed E-state index contributed by atoms with van der Waals surface area (Å²) in [4.78, 5) is 2.00. The lowest BCUT2D eigenvalue weighted by molar-refractivity contribution is -0.424. The highest BCUT2D eigenvalue weighted by molar-refractivity contribution is 5.59. The zero-order valence-corrected chi connectivity index (χ0v) is 16.8. The van der Waals surface area contributed by atoms with Gasteiger partial charge >= 0.3 is 0 Å². The summed E-state index contributed by atoms with van der Waals surface area (Å²) >= 11 is 0. The van der Waals surface area contributed by atoms with E-state index < -0.39 is 17.5 Å². The summed E-state index contributed by atoms with van der Waals surface area (Å²) in [5.41, 5.74) is 5.49. The Morgan fingerprint density at radius 3 is 2.38 bits per heavy atom. The number of piperidine rings is 1. The van der Waals surface area contributed by atoms with Crippen LogP contribution in [0.3, 0.4) is 0 Å². The quantitative estimate of drug-likeness (QED) is 0.390. The molecular formula is C22H19F4N6+. The molecule has 5 rings (SSSR count). The molecule has 164 valence electrons. The second kappa shape index (κ2) is 7.86. The normalized spacial score (nSPS) is 19.0. The third-order valence-electron chi connectivity index (χ3n) is 5.85. The van der Waals surface area contributed by atoms with Gasteiger partial charge < -0.3 is 10.6 Å². The van der Waals surface area contributed by atoms with Crippen LogP contribution in [0.5, 0.6) is 0 Å². The highest BCUT2D eigenvalue weighted by atomic mass is 19.2. The fourth-order valence-electron chi connectivity index (χ4n) is 4.20.